The number of aromatic nitrogens is 2. The van der Waals surface area contributed by atoms with Crippen LogP contribution in [0.2, 0.25) is 0 Å². The highest BCUT2D eigenvalue weighted by molar-refractivity contribution is 7.91. The molecule has 0 spiro atoms. The first-order valence-electron chi connectivity index (χ1n) is 9.14. The van der Waals surface area contributed by atoms with Gasteiger partial charge in [-0.3, -0.25) is 9.59 Å². The van der Waals surface area contributed by atoms with Gasteiger partial charge in [-0.05, 0) is 13.3 Å². The van der Waals surface area contributed by atoms with Crippen LogP contribution in [-0.4, -0.2) is 90.3 Å². The van der Waals surface area contributed by atoms with Crippen LogP contribution in [0.5, 0.6) is 0 Å². The van der Waals surface area contributed by atoms with Crippen LogP contribution in [-0.2, 0) is 14.6 Å². The maximum absolute atomic E-state index is 12.9. The minimum Gasteiger partial charge on any atom is -0.353 e. The summed E-state index contributed by atoms with van der Waals surface area (Å²) in [5.41, 5.74) is 0.264. The lowest BCUT2D eigenvalue weighted by molar-refractivity contribution is -0.129. The Balaban J connectivity index is 1.73. The first-order valence-corrected chi connectivity index (χ1v) is 11.0. The number of hydrogen-bond donors (Lipinski definition) is 0. The fourth-order valence-corrected chi connectivity index (χ4v) is 5.35. The lowest BCUT2D eigenvalue weighted by Gasteiger charge is -2.35. The molecule has 2 saturated heterocycles. The van der Waals surface area contributed by atoms with Crippen LogP contribution < -0.4 is 4.90 Å². The van der Waals surface area contributed by atoms with Gasteiger partial charge >= 0.3 is 0 Å². The van der Waals surface area contributed by atoms with E-state index in [4.69, 9.17) is 0 Å². The molecule has 3 heterocycles. The Hall–Kier alpha value is -2.23. The van der Waals surface area contributed by atoms with Gasteiger partial charge in [-0.15, -0.1) is 0 Å². The second-order valence-electron chi connectivity index (χ2n) is 6.90. The van der Waals surface area contributed by atoms with Crippen LogP contribution in [0, 0.1) is 0 Å². The molecule has 3 rings (SSSR count). The van der Waals surface area contributed by atoms with Crippen LogP contribution >= 0.6 is 0 Å². The van der Waals surface area contributed by atoms with Gasteiger partial charge in [-0.25, -0.2) is 18.4 Å². The van der Waals surface area contributed by atoms with E-state index in [2.05, 4.69) is 9.97 Å². The molecule has 2 aliphatic rings. The van der Waals surface area contributed by atoms with Crippen LogP contribution in [0.4, 0.5) is 5.82 Å². The van der Waals surface area contributed by atoms with Crippen molar-refractivity contribution in [3.05, 3.63) is 18.1 Å². The summed E-state index contributed by atoms with van der Waals surface area (Å²) in [7, 11) is -3.07. The predicted molar refractivity (Wildman–Crippen MR) is 100 cm³/mol. The van der Waals surface area contributed by atoms with Crippen LogP contribution in [0.25, 0.3) is 0 Å². The van der Waals surface area contributed by atoms with Crippen molar-refractivity contribution < 1.29 is 18.0 Å². The van der Waals surface area contributed by atoms with Gasteiger partial charge in [0.05, 0.1) is 11.5 Å². The highest BCUT2D eigenvalue weighted by atomic mass is 32.2. The van der Waals surface area contributed by atoms with E-state index in [0.717, 1.165) is 0 Å². The SMILES string of the molecule is CCN(C(=O)c1cc(N2CCN(C(C)=O)CC2)ncn1)C1CCS(=O)(=O)C1. The minimum atomic E-state index is -3.07. The highest BCUT2D eigenvalue weighted by Gasteiger charge is 2.34. The molecule has 1 aromatic rings. The van der Waals surface area contributed by atoms with E-state index in [9.17, 15) is 18.0 Å². The summed E-state index contributed by atoms with van der Waals surface area (Å²) in [5.74, 6) is 0.560. The number of carbonyl (C=O) groups is 2. The Morgan fingerprint density at radius 3 is 2.48 bits per heavy atom. The molecule has 10 heteroatoms. The Morgan fingerprint density at radius 1 is 1.22 bits per heavy atom. The van der Waals surface area contributed by atoms with Crippen molar-refractivity contribution in [2.24, 2.45) is 0 Å². The van der Waals surface area contributed by atoms with Gasteiger partial charge in [-0.2, -0.15) is 0 Å². The second kappa shape index (κ2) is 7.79. The van der Waals surface area contributed by atoms with E-state index in [0.29, 0.717) is 45.0 Å². The number of hydrogen-bond acceptors (Lipinski definition) is 7. The van der Waals surface area contributed by atoms with Gasteiger partial charge in [0.2, 0.25) is 5.91 Å². The molecule has 0 saturated carbocycles. The molecule has 1 unspecified atom stereocenters. The average Bonchev–Trinajstić information content (AvgIpc) is 3.02. The second-order valence-corrected chi connectivity index (χ2v) is 9.13. The largest absolute Gasteiger partial charge is 0.353 e. The zero-order valence-corrected chi connectivity index (χ0v) is 16.5. The molecule has 2 aliphatic heterocycles. The summed E-state index contributed by atoms with van der Waals surface area (Å²) in [6.07, 6.45) is 1.83. The summed E-state index contributed by atoms with van der Waals surface area (Å²) in [6, 6.07) is 1.35. The molecule has 1 atom stereocenters. The van der Waals surface area contributed by atoms with Crippen molar-refractivity contribution >= 4 is 27.5 Å². The Kier molecular flexibility index (Phi) is 5.64. The van der Waals surface area contributed by atoms with E-state index in [1.54, 1.807) is 22.8 Å². The Morgan fingerprint density at radius 2 is 1.93 bits per heavy atom. The zero-order valence-electron chi connectivity index (χ0n) is 15.7. The van der Waals surface area contributed by atoms with Crippen LogP contribution in [0.15, 0.2) is 12.4 Å². The van der Waals surface area contributed by atoms with Gasteiger partial charge in [0.1, 0.15) is 17.8 Å². The summed E-state index contributed by atoms with van der Waals surface area (Å²) >= 11 is 0. The molecule has 148 valence electrons. The number of piperazine rings is 1. The van der Waals surface area contributed by atoms with E-state index in [1.807, 2.05) is 11.8 Å². The Labute approximate surface area is 159 Å². The van der Waals surface area contributed by atoms with Gasteiger partial charge in [0.25, 0.3) is 5.91 Å². The Bertz CT molecular complexity index is 820. The predicted octanol–water partition coefficient (Wildman–Crippen LogP) is -0.206. The molecular weight excluding hydrogens is 370 g/mol. The lowest BCUT2D eigenvalue weighted by atomic mass is 10.2. The van der Waals surface area contributed by atoms with Crippen molar-refractivity contribution in [2.45, 2.75) is 26.3 Å². The highest BCUT2D eigenvalue weighted by Crippen LogP contribution is 2.21. The number of rotatable bonds is 4. The van der Waals surface area contributed by atoms with Gasteiger partial charge < -0.3 is 14.7 Å². The normalized spacial score (nSPS) is 21.9. The standard InChI is InChI=1S/C17H25N5O4S/c1-3-22(14-4-9-27(25,26)11-14)17(24)15-10-16(19-12-18-15)21-7-5-20(6-8-21)13(2)23/h10,12,14H,3-9,11H2,1-2H3. The van der Waals surface area contributed by atoms with Crippen molar-refractivity contribution in [2.75, 3.05) is 49.1 Å². The van der Waals surface area contributed by atoms with Crippen molar-refractivity contribution in [3.8, 4) is 0 Å². The lowest BCUT2D eigenvalue weighted by Crippen LogP contribution is -2.48. The third-order valence-electron chi connectivity index (χ3n) is 5.17. The fourth-order valence-electron chi connectivity index (χ4n) is 3.62. The van der Waals surface area contributed by atoms with Gasteiger partial charge in [0.15, 0.2) is 9.84 Å². The number of amides is 2. The van der Waals surface area contributed by atoms with Crippen molar-refractivity contribution in [1.29, 1.82) is 0 Å². The number of carbonyl (C=O) groups excluding carboxylic acids is 2. The van der Waals surface area contributed by atoms with Gasteiger partial charge in [-0.1, -0.05) is 0 Å². The first-order chi connectivity index (χ1) is 12.8. The molecule has 2 fully saturated rings. The average molecular weight is 395 g/mol. The maximum atomic E-state index is 12.9. The first kappa shape index (κ1) is 19.5. The number of sulfone groups is 1. The molecule has 0 radical (unpaired) electrons. The maximum Gasteiger partial charge on any atom is 0.272 e. The third kappa shape index (κ3) is 4.37. The minimum absolute atomic E-state index is 0.0114. The summed E-state index contributed by atoms with van der Waals surface area (Å²) in [5, 5.41) is 0. The van der Waals surface area contributed by atoms with Crippen molar-refractivity contribution in [3.63, 3.8) is 0 Å². The molecule has 0 N–H and O–H groups in total. The topological polar surface area (TPSA) is 104 Å². The van der Waals surface area contributed by atoms with Crippen molar-refractivity contribution in [1.82, 2.24) is 19.8 Å². The molecular formula is C17H25N5O4S. The smallest absolute Gasteiger partial charge is 0.272 e. The monoisotopic (exact) mass is 395 g/mol. The molecule has 0 aromatic carbocycles. The zero-order chi connectivity index (χ0) is 19.6. The van der Waals surface area contributed by atoms with Crippen LogP contribution in [0.1, 0.15) is 30.8 Å². The summed E-state index contributed by atoms with van der Waals surface area (Å²) in [6.45, 7) is 6.33. The van der Waals surface area contributed by atoms with E-state index < -0.39 is 9.84 Å². The molecule has 0 bridgehead atoms. The van der Waals surface area contributed by atoms with Crippen LogP contribution in [0.3, 0.4) is 0 Å². The summed E-state index contributed by atoms with van der Waals surface area (Å²) < 4.78 is 23.5. The van der Waals surface area contributed by atoms with E-state index in [-0.39, 0.29) is 35.1 Å². The van der Waals surface area contributed by atoms with Gasteiger partial charge in [0, 0.05) is 51.8 Å². The van der Waals surface area contributed by atoms with E-state index >= 15 is 0 Å². The molecule has 1 aromatic heterocycles. The third-order valence-corrected chi connectivity index (χ3v) is 6.92. The summed E-state index contributed by atoms with van der Waals surface area (Å²) in [4.78, 5) is 38.1. The number of anilines is 1. The number of nitrogens with zero attached hydrogens (tertiary/aromatic N) is 5. The molecule has 9 nitrogen and oxygen atoms in total. The van der Waals surface area contributed by atoms with E-state index in [1.165, 1.54) is 6.33 Å². The quantitative estimate of drug-likeness (QED) is 0.695. The molecule has 0 aliphatic carbocycles. The fraction of sp³-hybridized carbons (Fsp3) is 0.647. The molecule has 2 amide bonds. The molecule has 27 heavy (non-hydrogen) atoms.